The summed E-state index contributed by atoms with van der Waals surface area (Å²) in [6.45, 7) is 6.23. The minimum atomic E-state index is -1.06. The van der Waals surface area contributed by atoms with E-state index < -0.39 is 6.09 Å². The smallest absolute Gasteiger partial charge is 0.405 e. The number of nitrogens with two attached hydrogens (primary N) is 1. The third kappa shape index (κ3) is 3.97. The average molecular weight is 254 g/mol. The zero-order valence-electron chi connectivity index (χ0n) is 11.1. The molecule has 1 atom stereocenters. The molecule has 0 aliphatic rings. The minimum absolute atomic E-state index is 0. The normalized spacial score (nSPS) is 12.4. The van der Waals surface area contributed by atoms with Crippen LogP contribution in [0.5, 0.6) is 0 Å². The van der Waals surface area contributed by atoms with E-state index in [-0.39, 0.29) is 17.6 Å². The van der Waals surface area contributed by atoms with Gasteiger partial charge >= 0.3 is 6.09 Å². The van der Waals surface area contributed by atoms with Crippen LogP contribution in [0.3, 0.4) is 0 Å². The van der Waals surface area contributed by atoms with Crippen LogP contribution in [0.1, 0.15) is 38.1 Å². The highest BCUT2D eigenvalue weighted by Crippen LogP contribution is 2.33. The zero-order valence-corrected chi connectivity index (χ0v) is 11.1. The first kappa shape index (κ1) is 16.3. The molecule has 102 valence electrons. The lowest BCUT2D eigenvalue weighted by molar-refractivity contribution is 0.173. The third-order valence-electron chi connectivity index (χ3n) is 2.55. The van der Waals surface area contributed by atoms with Crippen molar-refractivity contribution in [2.24, 2.45) is 11.1 Å². The van der Waals surface area contributed by atoms with Crippen LogP contribution in [0.2, 0.25) is 0 Å². The van der Waals surface area contributed by atoms with Crippen molar-refractivity contribution in [3.8, 4) is 0 Å². The first-order valence-corrected chi connectivity index (χ1v) is 5.49. The lowest BCUT2D eigenvalue weighted by atomic mass is 9.83. The molecule has 1 unspecified atom stereocenters. The summed E-state index contributed by atoms with van der Waals surface area (Å²) in [5.41, 5.74) is 6.94. The number of aromatic nitrogens is 1. The maximum atomic E-state index is 10.9. The van der Waals surface area contributed by atoms with E-state index in [2.05, 4.69) is 10.3 Å². The molecule has 1 amide bonds. The Balaban J connectivity index is 0.00000289. The molecule has 1 rings (SSSR count). The van der Waals surface area contributed by atoms with Crippen LogP contribution in [0.4, 0.5) is 4.79 Å². The second kappa shape index (κ2) is 6.32. The molecule has 0 bridgehead atoms. The number of hydrogen-bond acceptors (Lipinski definition) is 4. The van der Waals surface area contributed by atoms with Gasteiger partial charge < -0.3 is 22.3 Å². The first-order chi connectivity index (χ1) is 7.86. The monoisotopic (exact) mass is 254 g/mol. The summed E-state index contributed by atoms with van der Waals surface area (Å²) < 4.78 is 0. The molecule has 0 aliphatic carbocycles. The Morgan fingerprint density at radius 3 is 2.61 bits per heavy atom. The summed E-state index contributed by atoms with van der Waals surface area (Å²) in [5, 5.41) is 11.4. The van der Waals surface area contributed by atoms with Gasteiger partial charge in [-0.3, -0.25) is 4.98 Å². The van der Waals surface area contributed by atoms with Crippen molar-refractivity contribution in [2.45, 2.75) is 33.4 Å². The molecule has 0 saturated heterocycles. The van der Waals surface area contributed by atoms with Gasteiger partial charge in [0.05, 0.1) is 11.7 Å². The number of pyridine rings is 1. The average Bonchev–Trinajstić information content (AvgIpc) is 2.24. The maximum absolute atomic E-state index is 10.9. The van der Waals surface area contributed by atoms with E-state index in [4.69, 9.17) is 10.8 Å². The van der Waals surface area contributed by atoms with E-state index in [9.17, 15) is 4.79 Å². The number of hydrogen-bond donors (Lipinski definition) is 4. The molecule has 0 aliphatic heterocycles. The van der Waals surface area contributed by atoms with Crippen molar-refractivity contribution in [1.29, 1.82) is 0 Å². The van der Waals surface area contributed by atoms with Gasteiger partial charge in [0.25, 0.3) is 0 Å². The van der Waals surface area contributed by atoms with Crippen molar-refractivity contribution in [1.82, 2.24) is 16.5 Å². The van der Waals surface area contributed by atoms with Gasteiger partial charge in [-0.2, -0.15) is 0 Å². The summed E-state index contributed by atoms with van der Waals surface area (Å²) in [5.74, 6) is 0. The van der Waals surface area contributed by atoms with E-state index >= 15 is 0 Å². The number of carboxylic acid groups (broad SMARTS) is 1. The summed E-state index contributed by atoms with van der Waals surface area (Å²) >= 11 is 0. The van der Waals surface area contributed by atoms with Crippen LogP contribution in [0.25, 0.3) is 0 Å². The third-order valence-corrected chi connectivity index (χ3v) is 2.55. The lowest BCUT2D eigenvalue weighted by Crippen LogP contribution is -2.37. The van der Waals surface area contributed by atoms with E-state index in [0.29, 0.717) is 12.2 Å². The molecule has 0 fully saturated rings. The number of nitrogens with zero attached hydrogens (tertiary/aromatic N) is 1. The van der Waals surface area contributed by atoms with E-state index in [0.717, 1.165) is 5.56 Å². The second-order valence-electron chi connectivity index (χ2n) is 5.00. The topological polar surface area (TPSA) is 123 Å². The minimum Gasteiger partial charge on any atom is -0.465 e. The van der Waals surface area contributed by atoms with E-state index in [1.807, 2.05) is 26.8 Å². The van der Waals surface area contributed by atoms with Gasteiger partial charge in [-0.05, 0) is 17.0 Å². The SMILES string of the molecule is CC(C)(C)C(NC(=O)O)c1ncccc1CN.N. The lowest BCUT2D eigenvalue weighted by Gasteiger charge is -2.31. The molecule has 1 aromatic rings. The van der Waals surface area contributed by atoms with Crippen LogP contribution >= 0.6 is 0 Å². The van der Waals surface area contributed by atoms with Gasteiger partial charge in [0.1, 0.15) is 0 Å². The van der Waals surface area contributed by atoms with Crippen molar-refractivity contribution in [3.63, 3.8) is 0 Å². The molecular weight excluding hydrogens is 232 g/mol. The summed E-state index contributed by atoms with van der Waals surface area (Å²) in [4.78, 5) is 15.1. The highest BCUT2D eigenvalue weighted by atomic mass is 16.4. The van der Waals surface area contributed by atoms with Crippen LogP contribution in [0, 0.1) is 5.41 Å². The molecule has 6 heteroatoms. The van der Waals surface area contributed by atoms with Gasteiger partial charge in [-0.1, -0.05) is 26.8 Å². The van der Waals surface area contributed by atoms with Gasteiger partial charge in [-0.25, -0.2) is 4.79 Å². The van der Waals surface area contributed by atoms with Crippen molar-refractivity contribution in [2.75, 3.05) is 0 Å². The van der Waals surface area contributed by atoms with Gasteiger partial charge in [-0.15, -0.1) is 0 Å². The Kier molecular flexibility index (Phi) is 5.74. The Morgan fingerprint density at radius 1 is 1.56 bits per heavy atom. The quantitative estimate of drug-likeness (QED) is 0.657. The highest BCUT2D eigenvalue weighted by Gasteiger charge is 2.30. The predicted octanol–water partition coefficient (Wildman–Crippen LogP) is 2.06. The predicted molar refractivity (Wildman–Crippen MR) is 70.5 cm³/mol. The molecule has 0 saturated carbocycles. The number of nitrogens with one attached hydrogen (secondary N) is 1. The molecule has 6 nitrogen and oxygen atoms in total. The van der Waals surface area contributed by atoms with Gasteiger partial charge in [0.15, 0.2) is 0 Å². The molecular formula is C12H22N4O2. The Labute approximate surface area is 107 Å². The summed E-state index contributed by atoms with van der Waals surface area (Å²) in [6, 6.07) is 3.29. The molecule has 1 heterocycles. The van der Waals surface area contributed by atoms with Gasteiger partial charge in [0, 0.05) is 12.7 Å². The van der Waals surface area contributed by atoms with E-state index in [1.165, 1.54) is 0 Å². The molecule has 7 N–H and O–H groups in total. The zero-order chi connectivity index (χ0) is 13.1. The number of amides is 1. The Bertz CT molecular complexity index is 401. The fraction of sp³-hybridized carbons (Fsp3) is 0.500. The number of carbonyl (C=O) groups is 1. The molecule has 0 spiro atoms. The molecule has 0 radical (unpaired) electrons. The van der Waals surface area contributed by atoms with Gasteiger partial charge in [0.2, 0.25) is 0 Å². The standard InChI is InChI=1S/C12H19N3O2.H3N/c1-12(2,3)10(15-11(16)17)9-8(7-13)5-4-6-14-9;/h4-6,10,15H,7,13H2,1-3H3,(H,16,17);1H3. The number of rotatable bonds is 3. The summed E-state index contributed by atoms with van der Waals surface area (Å²) in [7, 11) is 0. The van der Waals surface area contributed by atoms with Crippen LogP contribution in [-0.2, 0) is 6.54 Å². The molecule has 0 aromatic carbocycles. The second-order valence-corrected chi connectivity index (χ2v) is 5.00. The van der Waals surface area contributed by atoms with Crippen LogP contribution in [0.15, 0.2) is 18.3 Å². The Hall–Kier alpha value is -1.66. The first-order valence-electron chi connectivity index (χ1n) is 5.49. The highest BCUT2D eigenvalue weighted by molar-refractivity contribution is 5.65. The largest absolute Gasteiger partial charge is 0.465 e. The van der Waals surface area contributed by atoms with Crippen molar-refractivity contribution < 1.29 is 9.90 Å². The van der Waals surface area contributed by atoms with Crippen molar-refractivity contribution >= 4 is 6.09 Å². The summed E-state index contributed by atoms with van der Waals surface area (Å²) in [6.07, 6.45) is 0.593. The fourth-order valence-corrected chi connectivity index (χ4v) is 1.70. The molecule has 18 heavy (non-hydrogen) atoms. The van der Waals surface area contributed by atoms with E-state index in [1.54, 1.807) is 12.3 Å². The Morgan fingerprint density at radius 2 is 2.17 bits per heavy atom. The maximum Gasteiger partial charge on any atom is 0.405 e. The fourth-order valence-electron chi connectivity index (χ4n) is 1.70. The molecule has 1 aromatic heterocycles. The van der Waals surface area contributed by atoms with Crippen molar-refractivity contribution in [3.05, 3.63) is 29.6 Å². The van der Waals surface area contributed by atoms with Crippen LogP contribution in [-0.4, -0.2) is 16.2 Å². The van der Waals surface area contributed by atoms with Crippen LogP contribution < -0.4 is 17.2 Å².